The van der Waals surface area contributed by atoms with Crippen molar-refractivity contribution in [1.29, 1.82) is 0 Å². The van der Waals surface area contributed by atoms with E-state index in [9.17, 15) is 41.9 Å². The summed E-state index contributed by atoms with van der Waals surface area (Å²) in [6, 6.07) is 59.7. The number of anilines is 3. The second-order valence-corrected chi connectivity index (χ2v) is 36.0. The van der Waals surface area contributed by atoms with Gasteiger partial charge in [0.15, 0.2) is 22.6 Å². The van der Waals surface area contributed by atoms with E-state index >= 15 is 4.39 Å². The first-order chi connectivity index (χ1) is 68.5. The summed E-state index contributed by atoms with van der Waals surface area (Å²) in [7, 11) is 4.58. The number of hydrogen-bond acceptors (Lipinski definition) is 21. The van der Waals surface area contributed by atoms with E-state index in [0.29, 0.717) is 149 Å². The van der Waals surface area contributed by atoms with Crippen LogP contribution in [0.3, 0.4) is 0 Å². The van der Waals surface area contributed by atoms with Gasteiger partial charge in [0.1, 0.15) is 23.3 Å². The van der Waals surface area contributed by atoms with Crippen molar-refractivity contribution in [3.05, 3.63) is 295 Å². The van der Waals surface area contributed by atoms with Crippen molar-refractivity contribution >= 4 is 113 Å². The molecule has 0 unspecified atom stereocenters. The van der Waals surface area contributed by atoms with Gasteiger partial charge in [-0.15, -0.1) is 0 Å². The van der Waals surface area contributed by atoms with E-state index in [4.69, 9.17) is 14.2 Å². The van der Waals surface area contributed by atoms with Crippen molar-refractivity contribution in [2.75, 3.05) is 135 Å². The van der Waals surface area contributed by atoms with Crippen molar-refractivity contribution in [3.63, 3.8) is 0 Å². The molecule has 6 amide bonds. The zero-order chi connectivity index (χ0) is 97.5. The smallest absolute Gasteiger partial charge is 0.258 e. The van der Waals surface area contributed by atoms with E-state index in [1.807, 2.05) is 98.2 Å². The maximum Gasteiger partial charge on any atom is 0.258 e. The molecule has 6 aliphatic rings. The summed E-state index contributed by atoms with van der Waals surface area (Å²) in [5.41, 5.74) is 16.1. The average molecular weight is 1900 g/mol. The molecule has 0 saturated carbocycles. The minimum absolute atomic E-state index is 0.0284. The largest absolute Gasteiger partial charge is 0.367 e. The summed E-state index contributed by atoms with van der Waals surface area (Å²) in [4.78, 5) is 109. The quantitative estimate of drug-likeness (QED) is 0.0324. The summed E-state index contributed by atoms with van der Waals surface area (Å²) in [5.74, 6) is -1.70. The van der Waals surface area contributed by atoms with Gasteiger partial charge in [-0.2, -0.15) is 25.5 Å². The van der Waals surface area contributed by atoms with Crippen LogP contribution < -0.4 is 16.0 Å². The van der Waals surface area contributed by atoms with Gasteiger partial charge in [0, 0.05) is 191 Å². The fourth-order valence-electron chi connectivity index (χ4n) is 19.1. The molecule has 3 saturated heterocycles. The lowest BCUT2D eigenvalue weighted by molar-refractivity contribution is -0.138. The molecule has 30 nitrogen and oxygen atoms in total. The summed E-state index contributed by atoms with van der Waals surface area (Å²) >= 11 is 0. The average Bonchev–Trinajstić information content (AvgIpc) is 1.38. The highest BCUT2D eigenvalue weighted by Gasteiger charge is 2.49. The number of hydrogen-bond donors (Lipinski definition) is 6. The van der Waals surface area contributed by atoms with Crippen molar-refractivity contribution in [2.45, 2.75) is 62.3 Å². The van der Waals surface area contributed by atoms with Crippen molar-refractivity contribution in [1.82, 2.24) is 90.1 Å². The van der Waals surface area contributed by atoms with Crippen LogP contribution in [0.25, 0.3) is 117 Å². The molecule has 9 aromatic carbocycles. The summed E-state index contributed by atoms with van der Waals surface area (Å²) < 4.78 is 72.9. The number of aryl methyl sites for hydroxylation is 1. The predicted octanol–water partition coefficient (Wildman–Crippen LogP) is 15.4. The minimum Gasteiger partial charge on any atom is -0.367 e. The number of fused-ring (bicyclic) bond motifs is 4. The van der Waals surface area contributed by atoms with Crippen LogP contribution in [0.15, 0.2) is 249 Å². The number of ether oxygens (including phenoxy) is 3. The van der Waals surface area contributed by atoms with E-state index < -0.39 is 16.8 Å². The first-order valence-corrected chi connectivity index (χ1v) is 46.6. The monoisotopic (exact) mass is 1900 g/mol. The van der Waals surface area contributed by atoms with Crippen molar-refractivity contribution < 1.29 is 60.5 Å². The molecule has 21 rings (SSSR count). The Bertz CT molecular complexity index is 7310. The molecule has 0 aliphatic carbocycles. The Kier molecular flexibility index (Phi) is 27.6. The Morgan fingerprint density at radius 3 is 1.15 bits per heavy atom. The highest BCUT2D eigenvalue weighted by molar-refractivity contribution is 6.05. The summed E-state index contributed by atoms with van der Waals surface area (Å²) in [5, 5.41) is 42.0. The Morgan fingerprint density at radius 1 is 0.376 bits per heavy atom. The number of carbonyl (C=O) groups excluding carboxylic acids is 6. The molecule has 15 aromatic rings. The number of benzene rings is 9. The molecule has 6 N–H and O–H groups in total. The number of amides is 6. The number of nitrogens with one attached hydrogen (secondary N) is 6. The molecule has 6 aromatic heterocycles. The third-order valence-electron chi connectivity index (χ3n) is 27.3. The van der Waals surface area contributed by atoms with Gasteiger partial charge in [-0.25, -0.2) is 27.5 Å². The number of nitrogens with zero attached hydrogens (tertiary/aromatic N) is 15. The molecule has 0 spiro atoms. The van der Waals surface area contributed by atoms with Gasteiger partial charge in [-0.1, -0.05) is 60.7 Å². The molecule has 6 aliphatic heterocycles. The van der Waals surface area contributed by atoms with Crippen LogP contribution in [-0.4, -0.2) is 262 Å². The van der Waals surface area contributed by atoms with Crippen molar-refractivity contribution in [2.24, 2.45) is 0 Å². The molecule has 716 valence electrons. The van der Waals surface area contributed by atoms with Gasteiger partial charge >= 0.3 is 0 Å². The first kappa shape index (κ1) is 94.4. The third-order valence-corrected chi connectivity index (χ3v) is 27.3. The van der Waals surface area contributed by atoms with E-state index in [-0.39, 0.29) is 84.9 Å². The number of rotatable bonds is 23. The van der Waals surface area contributed by atoms with Crippen LogP contribution in [0.5, 0.6) is 0 Å². The SMILES string of the molecule is CO[C@@]1(C(=O)Nc2ccc3[nH]nc(-c4ccc(F)cc4)c3c2)CCN(CC(=O)N2CC=C(c3ccc(-c4ccc(C)nn4)cc3)CC2)C1.CO[C@@]1(C(=O)Nc2ccc3[nH]nc(-c4ccc(F)cc4)c3c2)CCN(CC(=O)N2CC=C(c3ccc(-c4ncccn4)cc3F)CC2)C1.CO[C@@]1(C(=O)Nc2ccc3[nH]nc(-c4ccc(F)cc4)c3c2)CCN(CC(=O)N2CC=C(c3ccc4nccnc4c3)CC2)C1. The maximum atomic E-state index is 15.1. The third kappa shape index (κ3) is 20.8. The van der Waals surface area contributed by atoms with Crippen LogP contribution >= 0.6 is 0 Å². The molecule has 34 heteroatoms. The number of likely N-dealkylation sites (tertiary alicyclic amines) is 3. The Balaban J connectivity index is 0.000000135. The molecule has 141 heavy (non-hydrogen) atoms. The van der Waals surface area contributed by atoms with E-state index in [1.54, 1.807) is 102 Å². The minimum atomic E-state index is -1.13. The number of carbonyl (C=O) groups is 6. The molecular weight excluding hydrogens is 1800 g/mol. The summed E-state index contributed by atoms with van der Waals surface area (Å²) in [6.07, 6.45) is 16.1. The van der Waals surface area contributed by atoms with Gasteiger partial charge in [-0.05, 0) is 237 Å². The van der Waals surface area contributed by atoms with Crippen LogP contribution in [0, 0.1) is 30.2 Å². The highest BCUT2D eigenvalue weighted by atomic mass is 19.1. The Labute approximate surface area is 808 Å². The van der Waals surface area contributed by atoms with Crippen LogP contribution in [0.2, 0.25) is 0 Å². The number of aromatic nitrogens is 12. The molecule has 0 bridgehead atoms. The van der Waals surface area contributed by atoms with E-state index in [2.05, 4.69) is 119 Å². The van der Waals surface area contributed by atoms with Crippen LogP contribution in [0.1, 0.15) is 60.9 Å². The fraction of sp³-hybridized carbons (Fsp3) is 0.262. The van der Waals surface area contributed by atoms with Gasteiger partial charge in [0.2, 0.25) is 17.7 Å². The van der Waals surface area contributed by atoms with Gasteiger partial charge in [0.05, 0.1) is 75.7 Å². The topological polar surface area (TPSA) is 349 Å². The number of methoxy groups -OCH3 is 3. The first-order valence-electron chi connectivity index (χ1n) is 46.6. The molecule has 12 heterocycles. The second-order valence-electron chi connectivity index (χ2n) is 36.0. The standard InChI is InChI=1S/C37H36FN7O3.C36H33F2N7O3.C34H32FN7O3/c1-24-3-13-32(41-40-24)27-6-4-25(5-7-27)26-15-18-45(19-16-26)34(46)22-44-20-17-37(23-44,48-2)36(47)39-30-12-14-33-31(21-30)35(43-42-33)28-8-10-29(38)11-9-28;1-48-36(35(47)41-27-8-10-31-29(20-27)33(43-42-31)24-3-6-26(37)7-4-24)13-18-44(22-36)21-32(46)45-16-11-23(12-17-45)28-9-5-25(19-30(28)38)34-39-14-2-15-40-34;1-45-34(33(44)38-26-7-9-28-27(19-26)32(40-39-28)23-2-5-25(35)6-3-23)12-17-41(21-34)20-31(43)42-15-10-22(11-16-42)24-4-8-29-30(18-24)37-14-13-36-29/h3-15,21H,16-20,22-23H2,1-2H3,(H,39,47)(H,42,43);2-11,14-15,19-20H,12-13,16-18,21-22H2,1H3,(H,41,47)(H,42,43);2-10,13-14,18-19H,11-12,15-17,20-21H2,1H3,(H,38,44)(H,39,40)/t37-;36-;34-/m000/s1. The lowest BCUT2D eigenvalue weighted by Crippen LogP contribution is -2.48. The zero-order valence-electron chi connectivity index (χ0n) is 77.9. The Morgan fingerprint density at radius 2 is 0.759 bits per heavy atom. The predicted molar refractivity (Wildman–Crippen MR) is 529 cm³/mol. The maximum absolute atomic E-state index is 15.1. The van der Waals surface area contributed by atoms with Gasteiger partial charge in [-0.3, -0.25) is 68.7 Å². The lowest BCUT2D eigenvalue weighted by Gasteiger charge is -2.30. The van der Waals surface area contributed by atoms with E-state index in [1.165, 1.54) is 74.9 Å². The molecule has 3 fully saturated rings. The van der Waals surface area contributed by atoms with Crippen LogP contribution in [0.4, 0.5) is 34.6 Å². The number of H-pyrrole nitrogens is 3. The molecule has 0 radical (unpaired) electrons. The molecule has 3 atom stereocenters. The highest BCUT2D eigenvalue weighted by Crippen LogP contribution is 2.39. The number of aromatic amines is 3. The van der Waals surface area contributed by atoms with Gasteiger partial charge in [0.25, 0.3) is 17.7 Å². The van der Waals surface area contributed by atoms with Crippen LogP contribution in [-0.2, 0) is 43.0 Å². The normalized spacial score (nSPS) is 18.4. The second kappa shape index (κ2) is 41.2. The lowest BCUT2D eigenvalue weighted by atomic mass is 9.97. The Hall–Kier alpha value is -15.6. The zero-order valence-corrected chi connectivity index (χ0v) is 77.9. The van der Waals surface area contributed by atoms with Crippen molar-refractivity contribution in [3.8, 4) is 56.4 Å². The number of halogens is 4. The van der Waals surface area contributed by atoms with Gasteiger partial charge < -0.3 is 44.9 Å². The molecular formula is C107H101F4N21O9. The fourth-order valence-corrected chi connectivity index (χ4v) is 19.1. The summed E-state index contributed by atoms with van der Waals surface area (Å²) in [6.45, 7) is 8.19. The van der Waals surface area contributed by atoms with E-state index in [0.717, 1.165) is 107 Å².